The molecule has 6 rings (SSSR count). The molecule has 212 valence electrons. The molecule has 1 aliphatic heterocycles. The minimum atomic E-state index is -1.01. The Morgan fingerprint density at radius 2 is 1.85 bits per heavy atom. The number of ether oxygens (including phenoxy) is 1. The Labute approximate surface area is 239 Å². The van der Waals surface area contributed by atoms with Crippen LogP contribution < -0.4 is 15.0 Å². The molecule has 7 heteroatoms. The molecule has 2 atom stereocenters. The molecular weight excluding hydrogens is 519 g/mol. The third kappa shape index (κ3) is 4.77. The predicted molar refractivity (Wildman–Crippen MR) is 156 cm³/mol. The fourth-order valence-electron chi connectivity index (χ4n) is 6.47. The van der Waals surface area contributed by atoms with Gasteiger partial charge in [0.25, 0.3) is 0 Å². The van der Waals surface area contributed by atoms with Crippen molar-refractivity contribution in [3.8, 4) is 11.5 Å². The van der Waals surface area contributed by atoms with Gasteiger partial charge in [0, 0.05) is 35.2 Å². The molecule has 0 spiro atoms. The number of nitrogens with one attached hydrogen (secondary N) is 1. The van der Waals surface area contributed by atoms with Crippen molar-refractivity contribution < 1.29 is 23.8 Å². The number of halogens is 1. The fourth-order valence-corrected chi connectivity index (χ4v) is 6.47. The van der Waals surface area contributed by atoms with Gasteiger partial charge in [-0.3, -0.25) is 14.5 Å². The zero-order valence-corrected chi connectivity index (χ0v) is 23.8. The van der Waals surface area contributed by atoms with Gasteiger partial charge in [-0.1, -0.05) is 58.0 Å². The molecule has 0 aromatic heterocycles. The third-order valence-electron chi connectivity index (χ3n) is 8.36. The van der Waals surface area contributed by atoms with Gasteiger partial charge in [0.1, 0.15) is 29.1 Å². The van der Waals surface area contributed by atoms with Gasteiger partial charge in [-0.15, -0.1) is 0 Å². The van der Waals surface area contributed by atoms with E-state index in [1.54, 1.807) is 38.1 Å². The molecule has 3 aliphatic rings. The molecule has 2 aliphatic carbocycles. The number of hydrogen-bond acceptors (Lipinski definition) is 5. The number of fused-ring (bicyclic) bond motifs is 2. The van der Waals surface area contributed by atoms with E-state index < -0.39 is 17.8 Å². The molecule has 1 heterocycles. The number of phenolic OH excluding ortho intramolecular Hbond substituents is 1. The number of benzene rings is 3. The first-order valence-corrected chi connectivity index (χ1v) is 14.3. The summed E-state index contributed by atoms with van der Waals surface area (Å²) < 4.78 is 22.5. The number of hydrogen-bond donors (Lipinski definition) is 2. The highest BCUT2D eigenvalue weighted by Gasteiger charge is 2.45. The molecule has 3 aromatic carbocycles. The Bertz CT molecular complexity index is 1590. The zero-order valence-electron chi connectivity index (χ0n) is 23.8. The number of anilines is 2. The molecule has 0 saturated heterocycles. The van der Waals surface area contributed by atoms with E-state index >= 15 is 4.39 Å². The molecule has 1 unspecified atom stereocenters. The molecular formula is C34H35FN2O4. The highest BCUT2D eigenvalue weighted by molar-refractivity contribution is 6.07. The van der Waals surface area contributed by atoms with Crippen LogP contribution in [0.4, 0.5) is 15.8 Å². The summed E-state index contributed by atoms with van der Waals surface area (Å²) in [6.45, 7) is 7.56. The van der Waals surface area contributed by atoms with Crippen molar-refractivity contribution in [3.05, 3.63) is 94.4 Å². The van der Waals surface area contributed by atoms with Gasteiger partial charge in [0.05, 0.1) is 11.7 Å². The average molecular weight is 555 g/mol. The number of ketones is 1. The van der Waals surface area contributed by atoms with Gasteiger partial charge >= 0.3 is 0 Å². The van der Waals surface area contributed by atoms with Crippen LogP contribution in [0.2, 0.25) is 0 Å². The van der Waals surface area contributed by atoms with Crippen molar-refractivity contribution >= 4 is 23.1 Å². The Morgan fingerprint density at radius 1 is 1.07 bits per heavy atom. The molecule has 0 bridgehead atoms. The maximum atomic E-state index is 16.2. The standard InChI is InChI=1S/C34H35FN2O4/c1-19(2)33(40)37-26-10-7-11-27(38)31(26)36-25-17-34(3,4)18-28(39)30(25)32(37)23-14-13-21(16-24(23)35)41-29-15-12-20-8-5-6-9-22(20)29/h5-11,13-14,16,19,29,32,36,38H,12,15,17-18H2,1-4H3/t29-,32?/m1/s1. The van der Waals surface area contributed by atoms with Crippen LogP contribution in [0.5, 0.6) is 11.5 Å². The largest absolute Gasteiger partial charge is 0.506 e. The van der Waals surface area contributed by atoms with Gasteiger partial charge < -0.3 is 15.2 Å². The summed E-state index contributed by atoms with van der Waals surface area (Å²) in [6, 6.07) is 16.7. The summed E-state index contributed by atoms with van der Waals surface area (Å²) in [5, 5.41) is 14.2. The number of rotatable bonds is 4. The van der Waals surface area contributed by atoms with Crippen molar-refractivity contribution in [1.29, 1.82) is 0 Å². The summed E-state index contributed by atoms with van der Waals surface area (Å²) in [6.07, 6.45) is 2.33. The van der Waals surface area contributed by atoms with E-state index in [9.17, 15) is 14.7 Å². The summed E-state index contributed by atoms with van der Waals surface area (Å²) in [7, 11) is 0. The van der Waals surface area contributed by atoms with Crippen LogP contribution >= 0.6 is 0 Å². The number of carbonyl (C=O) groups is 2. The van der Waals surface area contributed by atoms with E-state index in [2.05, 4.69) is 11.4 Å². The highest BCUT2D eigenvalue weighted by atomic mass is 19.1. The molecule has 2 N–H and O–H groups in total. The number of para-hydroxylation sites is 1. The Hall–Kier alpha value is -4.13. The van der Waals surface area contributed by atoms with Crippen molar-refractivity contribution in [3.63, 3.8) is 0 Å². The van der Waals surface area contributed by atoms with Crippen molar-refractivity contribution in [2.75, 3.05) is 10.2 Å². The second kappa shape index (κ2) is 10.1. The lowest BCUT2D eigenvalue weighted by Crippen LogP contribution is -2.41. The van der Waals surface area contributed by atoms with Crippen LogP contribution in [0.3, 0.4) is 0 Å². The summed E-state index contributed by atoms with van der Waals surface area (Å²) >= 11 is 0. The molecule has 0 fully saturated rings. The number of phenols is 1. The normalized spacial score (nSPS) is 21.1. The minimum Gasteiger partial charge on any atom is -0.506 e. The summed E-state index contributed by atoms with van der Waals surface area (Å²) in [5.74, 6) is -1.09. The molecule has 0 saturated carbocycles. The maximum Gasteiger partial charge on any atom is 0.230 e. The minimum absolute atomic E-state index is 0.0477. The second-order valence-corrected chi connectivity index (χ2v) is 12.4. The lowest BCUT2D eigenvalue weighted by Gasteiger charge is -2.37. The zero-order chi connectivity index (χ0) is 29.1. The first kappa shape index (κ1) is 27.1. The van der Waals surface area contributed by atoms with Crippen molar-refractivity contribution in [2.24, 2.45) is 11.3 Å². The Morgan fingerprint density at radius 3 is 2.61 bits per heavy atom. The van der Waals surface area contributed by atoms with Crippen LogP contribution in [-0.4, -0.2) is 16.8 Å². The lowest BCUT2D eigenvalue weighted by molar-refractivity contribution is -0.122. The Balaban J connectivity index is 1.49. The van der Waals surface area contributed by atoms with E-state index in [0.717, 1.165) is 18.4 Å². The highest BCUT2D eigenvalue weighted by Crippen LogP contribution is 2.51. The first-order chi connectivity index (χ1) is 19.5. The number of nitrogens with zero attached hydrogens (tertiary/aromatic N) is 1. The average Bonchev–Trinajstić information content (AvgIpc) is 3.24. The summed E-state index contributed by atoms with van der Waals surface area (Å²) in [4.78, 5) is 29.2. The van der Waals surface area contributed by atoms with Gasteiger partial charge in [-0.05, 0) is 60.1 Å². The van der Waals surface area contributed by atoms with Gasteiger partial charge in [0.15, 0.2) is 5.78 Å². The molecule has 1 amide bonds. The molecule has 41 heavy (non-hydrogen) atoms. The van der Waals surface area contributed by atoms with E-state index in [1.807, 2.05) is 32.0 Å². The van der Waals surface area contributed by atoms with Gasteiger partial charge in [-0.2, -0.15) is 0 Å². The predicted octanol–water partition coefficient (Wildman–Crippen LogP) is 7.40. The Kier molecular flexibility index (Phi) is 6.63. The number of amides is 1. The van der Waals surface area contributed by atoms with Gasteiger partial charge in [-0.25, -0.2) is 4.39 Å². The van der Waals surface area contributed by atoms with Crippen LogP contribution in [-0.2, 0) is 16.0 Å². The quantitative estimate of drug-likeness (QED) is 0.329. The van der Waals surface area contributed by atoms with E-state index in [-0.39, 0.29) is 40.9 Å². The number of Topliss-reactive ketones (excluding diaryl/α,β-unsaturated/α-hetero) is 1. The second-order valence-electron chi connectivity index (χ2n) is 12.4. The number of aryl methyl sites for hydroxylation is 1. The van der Waals surface area contributed by atoms with Crippen LogP contribution in [0.25, 0.3) is 0 Å². The van der Waals surface area contributed by atoms with Gasteiger partial charge in [0.2, 0.25) is 5.91 Å². The maximum absolute atomic E-state index is 16.2. The lowest BCUT2D eigenvalue weighted by atomic mass is 9.73. The number of aromatic hydroxyl groups is 1. The van der Waals surface area contributed by atoms with Crippen molar-refractivity contribution in [2.45, 2.75) is 65.5 Å². The molecule has 0 radical (unpaired) electrons. The van der Waals surface area contributed by atoms with E-state index in [4.69, 9.17) is 4.74 Å². The smallest absolute Gasteiger partial charge is 0.230 e. The van der Waals surface area contributed by atoms with Crippen LogP contribution in [0.15, 0.2) is 71.9 Å². The van der Waals surface area contributed by atoms with E-state index in [0.29, 0.717) is 34.8 Å². The first-order valence-electron chi connectivity index (χ1n) is 14.3. The SMILES string of the molecule is CC(C)C(=O)N1c2cccc(O)c2NC2=C(C(=O)CC(C)(C)C2)C1c1ccc(O[C@@H]2CCc3ccccc32)cc1F. The number of allylic oxidation sites excluding steroid dienone is 1. The number of carbonyl (C=O) groups excluding carboxylic acids is 2. The molecule has 6 nitrogen and oxygen atoms in total. The summed E-state index contributed by atoms with van der Waals surface area (Å²) in [5.41, 5.74) is 3.90. The van der Waals surface area contributed by atoms with Crippen LogP contribution in [0, 0.1) is 17.2 Å². The monoisotopic (exact) mass is 554 g/mol. The topological polar surface area (TPSA) is 78.9 Å². The van der Waals surface area contributed by atoms with E-state index in [1.165, 1.54) is 22.6 Å². The van der Waals surface area contributed by atoms with Crippen molar-refractivity contribution in [1.82, 2.24) is 0 Å². The van der Waals surface area contributed by atoms with Crippen LogP contribution in [0.1, 0.15) is 75.8 Å². The molecule has 3 aromatic rings. The fraction of sp³-hybridized carbons (Fsp3) is 0.353. The third-order valence-corrected chi connectivity index (χ3v) is 8.36.